The summed E-state index contributed by atoms with van der Waals surface area (Å²) >= 11 is 5.88. The minimum atomic E-state index is -4.37. The normalized spacial score (nSPS) is 11.9. The smallest absolute Gasteiger partial charge is 0.340 e. The molecule has 11 heteroatoms. The number of pyridine rings is 2. The summed E-state index contributed by atoms with van der Waals surface area (Å²) in [5, 5.41) is 7.00. The average molecular weight is 670 g/mol. The molecule has 0 amide bonds. The molecule has 2 aromatic carbocycles. The minimum Gasteiger partial charge on any atom is -0.340 e. The number of rotatable bonds is 6. The standard InChI is InChI=1S/C16H16F3N3.C15H16ClN3.Y/c1-11(2)21-15(12-6-8-20-9-7-12)22-14-5-3-4-13(10-14)16(17,18)19;1-11(2)18-15(12-7-9-17-10-8-12)19-14-5-3-13(16)4-6-14;/h3-11H,1-2H3,(H,21,22);3-11H,1-2H3,(H,18,19);. The van der Waals surface area contributed by atoms with Gasteiger partial charge in [-0.15, -0.1) is 0 Å². The summed E-state index contributed by atoms with van der Waals surface area (Å²) in [5.41, 5.74) is 2.38. The fraction of sp³-hybridized carbons (Fsp3) is 0.226. The van der Waals surface area contributed by atoms with Crippen LogP contribution in [0.2, 0.25) is 5.02 Å². The summed E-state index contributed by atoms with van der Waals surface area (Å²) < 4.78 is 38.3. The van der Waals surface area contributed by atoms with E-state index in [0.29, 0.717) is 11.5 Å². The maximum Gasteiger partial charge on any atom is 0.416 e. The monoisotopic (exact) mass is 669 g/mol. The number of amidine groups is 2. The zero-order chi connectivity index (χ0) is 29.8. The van der Waals surface area contributed by atoms with E-state index < -0.39 is 11.7 Å². The number of aliphatic imine (C=N–C) groups is 2. The van der Waals surface area contributed by atoms with Crippen molar-refractivity contribution in [1.82, 2.24) is 9.97 Å². The number of hydrogen-bond acceptors (Lipinski definition) is 4. The molecule has 2 heterocycles. The summed E-state index contributed by atoms with van der Waals surface area (Å²) in [7, 11) is 0. The van der Waals surface area contributed by atoms with Gasteiger partial charge in [-0.25, -0.2) is 0 Å². The molecule has 42 heavy (non-hydrogen) atoms. The van der Waals surface area contributed by atoms with Crippen molar-refractivity contribution in [2.24, 2.45) is 9.98 Å². The van der Waals surface area contributed by atoms with Crippen LogP contribution in [0.15, 0.2) is 108 Å². The molecule has 6 nitrogen and oxygen atoms in total. The molecular weight excluding hydrogens is 638 g/mol. The number of anilines is 2. The third kappa shape index (κ3) is 12.0. The van der Waals surface area contributed by atoms with E-state index >= 15 is 0 Å². The van der Waals surface area contributed by atoms with Crippen LogP contribution >= 0.6 is 11.6 Å². The van der Waals surface area contributed by atoms with E-state index in [4.69, 9.17) is 11.6 Å². The molecule has 0 aliphatic rings. The van der Waals surface area contributed by atoms with Gasteiger partial charge in [-0.3, -0.25) is 20.0 Å². The molecule has 0 saturated carbocycles. The third-order valence-corrected chi connectivity index (χ3v) is 5.49. The summed E-state index contributed by atoms with van der Waals surface area (Å²) in [5.74, 6) is 1.34. The number of hydrogen-bond donors (Lipinski definition) is 2. The number of nitrogens with one attached hydrogen (secondary N) is 2. The molecule has 0 aliphatic heterocycles. The summed E-state index contributed by atoms with van der Waals surface area (Å²) in [4.78, 5) is 17.0. The van der Waals surface area contributed by atoms with Gasteiger partial charge in [-0.2, -0.15) is 13.2 Å². The molecule has 0 unspecified atom stereocenters. The minimum absolute atomic E-state index is 0. The van der Waals surface area contributed by atoms with Gasteiger partial charge in [-0.1, -0.05) is 17.7 Å². The summed E-state index contributed by atoms with van der Waals surface area (Å²) in [6.07, 6.45) is 2.37. The molecule has 0 spiro atoms. The number of nitrogens with zero attached hydrogens (tertiary/aromatic N) is 4. The van der Waals surface area contributed by atoms with Gasteiger partial charge in [-0.05, 0) is 94.4 Å². The van der Waals surface area contributed by atoms with Gasteiger partial charge >= 0.3 is 6.18 Å². The van der Waals surface area contributed by atoms with E-state index in [1.54, 1.807) is 43.0 Å². The van der Waals surface area contributed by atoms with Crippen LogP contribution in [-0.4, -0.2) is 33.7 Å². The maximum atomic E-state index is 12.8. The molecular formula is C31H32ClF3N6Y. The molecule has 217 valence electrons. The van der Waals surface area contributed by atoms with Crippen molar-refractivity contribution in [1.29, 1.82) is 0 Å². The second-order valence-electron chi connectivity index (χ2n) is 9.45. The Labute approximate surface area is 274 Å². The largest absolute Gasteiger partial charge is 0.416 e. The average Bonchev–Trinajstić information content (AvgIpc) is 2.94. The Morgan fingerprint density at radius 1 is 0.690 bits per heavy atom. The Hall–Kier alpha value is -3.14. The molecule has 0 fully saturated rings. The Bertz CT molecular complexity index is 1430. The van der Waals surface area contributed by atoms with Crippen LogP contribution in [0.25, 0.3) is 0 Å². The quantitative estimate of drug-likeness (QED) is 0.160. The number of halogens is 4. The third-order valence-electron chi connectivity index (χ3n) is 5.24. The number of benzene rings is 2. The van der Waals surface area contributed by atoms with Gasteiger partial charge in [0.25, 0.3) is 0 Å². The van der Waals surface area contributed by atoms with Gasteiger partial charge in [0.15, 0.2) is 0 Å². The van der Waals surface area contributed by atoms with Gasteiger partial charge in [0.05, 0.1) is 5.56 Å². The Kier molecular flexibility index (Phi) is 14.3. The van der Waals surface area contributed by atoms with Gasteiger partial charge in [0.2, 0.25) is 0 Å². The molecule has 0 bridgehead atoms. The van der Waals surface area contributed by atoms with Crippen LogP contribution in [0.1, 0.15) is 44.4 Å². The van der Waals surface area contributed by atoms with Gasteiger partial charge in [0, 0.05) is 97.1 Å². The molecule has 4 aromatic rings. The van der Waals surface area contributed by atoms with E-state index in [-0.39, 0.29) is 44.8 Å². The SMILES string of the molecule is CC(C)N=C(Nc1ccc(Cl)cc1)c1ccncc1.CC(C)N=C(Nc1cccc(C(F)(F)F)c1)c1ccncc1.[Y]. The first kappa shape index (κ1) is 35.1. The van der Waals surface area contributed by atoms with Crippen molar-refractivity contribution in [2.45, 2.75) is 46.0 Å². The van der Waals surface area contributed by atoms with Gasteiger partial charge in [0.1, 0.15) is 11.7 Å². The topological polar surface area (TPSA) is 74.6 Å². The van der Waals surface area contributed by atoms with Crippen LogP contribution in [-0.2, 0) is 38.9 Å². The van der Waals surface area contributed by atoms with Crippen molar-refractivity contribution in [3.63, 3.8) is 0 Å². The van der Waals surface area contributed by atoms with Crippen LogP contribution in [0.4, 0.5) is 24.5 Å². The molecule has 4 rings (SSSR count). The number of aromatic nitrogens is 2. The first-order valence-electron chi connectivity index (χ1n) is 12.9. The molecule has 2 N–H and O–H groups in total. The Morgan fingerprint density at radius 2 is 1.14 bits per heavy atom. The molecule has 2 aromatic heterocycles. The van der Waals surface area contributed by atoms with Crippen molar-refractivity contribution in [3.8, 4) is 0 Å². The molecule has 0 aliphatic carbocycles. The maximum absolute atomic E-state index is 12.8. The first-order chi connectivity index (χ1) is 19.5. The fourth-order valence-corrected chi connectivity index (χ4v) is 3.60. The summed E-state index contributed by atoms with van der Waals surface area (Å²) in [6.45, 7) is 7.89. The van der Waals surface area contributed by atoms with Gasteiger partial charge < -0.3 is 10.6 Å². The van der Waals surface area contributed by atoms with E-state index in [1.165, 1.54) is 6.07 Å². The summed E-state index contributed by atoms with van der Waals surface area (Å²) in [6, 6.07) is 20.2. The van der Waals surface area contributed by atoms with Crippen LogP contribution < -0.4 is 10.6 Å². The molecule has 0 atom stereocenters. The molecule has 0 saturated heterocycles. The number of alkyl halides is 3. The molecule has 1 radical (unpaired) electrons. The fourth-order valence-electron chi connectivity index (χ4n) is 3.47. The van der Waals surface area contributed by atoms with E-state index in [2.05, 4.69) is 30.6 Å². The zero-order valence-electron chi connectivity index (χ0n) is 23.8. The van der Waals surface area contributed by atoms with E-state index in [9.17, 15) is 13.2 Å². The van der Waals surface area contributed by atoms with E-state index in [1.807, 2.05) is 64.1 Å². The van der Waals surface area contributed by atoms with Crippen LogP contribution in [0.3, 0.4) is 0 Å². The Balaban J connectivity index is 0.000000289. The second kappa shape index (κ2) is 17.1. The predicted octanol–water partition coefficient (Wildman–Crippen LogP) is 8.37. The van der Waals surface area contributed by atoms with Crippen molar-refractivity contribution >= 4 is 34.6 Å². The van der Waals surface area contributed by atoms with Crippen LogP contribution in [0.5, 0.6) is 0 Å². The van der Waals surface area contributed by atoms with Crippen LogP contribution in [0, 0.1) is 0 Å². The van der Waals surface area contributed by atoms with Crippen molar-refractivity contribution in [3.05, 3.63) is 119 Å². The second-order valence-corrected chi connectivity index (χ2v) is 9.89. The first-order valence-corrected chi connectivity index (χ1v) is 13.3. The Morgan fingerprint density at radius 3 is 1.57 bits per heavy atom. The van der Waals surface area contributed by atoms with Crippen molar-refractivity contribution < 1.29 is 45.9 Å². The van der Waals surface area contributed by atoms with E-state index in [0.717, 1.165) is 39.8 Å². The zero-order valence-corrected chi connectivity index (χ0v) is 27.4. The van der Waals surface area contributed by atoms with Crippen molar-refractivity contribution in [2.75, 3.05) is 10.6 Å². The predicted molar refractivity (Wildman–Crippen MR) is 162 cm³/mol.